The largest absolute Gasteiger partial charge is 0.478 e. The molecule has 14 heteroatoms. The van der Waals surface area contributed by atoms with Crippen molar-refractivity contribution in [2.24, 2.45) is 0 Å². The first-order valence-electron chi connectivity index (χ1n) is 10.6. The third-order valence-electron chi connectivity index (χ3n) is 4.37. The average molecular weight is 639 g/mol. The van der Waals surface area contributed by atoms with E-state index in [1.807, 2.05) is 0 Å². The summed E-state index contributed by atoms with van der Waals surface area (Å²) in [7, 11) is 4.90. The van der Waals surface area contributed by atoms with Gasteiger partial charge in [-0.05, 0) is 54.6 Å². The molecule has 0 unspecified atom stereocenters. The highest BCUT2D eigenvalue weighted by Crippen LogP contribution is 2.44. The Hall–Kier alpha value is -2.49. The number of carboxylic acids is 3. The van der Waals surface area contributed by atoms with Crippen LogP contribution in [0.25, 0.3) is 0 Å². The predicted molar refractivity (Wildman–Crippen MR) is 157 cm³/mol. The number of hydrogen-bond acceptors (Lipinski definition) is 11. The van der Waals surface area contributed by atoms with Crippen molar-refractivity contribution in [1.29, 1.82) is 0 Å². The molecule has 0 bridgehead atoms. The topological polar surface area (TPSA) is 146 Å². The van der Waals surface area contributed by atoms with Crippen molar-refractivity contribution >= 4 is 94.8 Å². The van der Waals surface area contributed by atoms with Crippen LogP contribution in [0, 0.1) is 0 Å². The van der Waals surface area contributed by atoms with E-state index in [2.05, 4.69) is 0 Å². The Morgan fingerprint density at radius 1 is 0.436 bits per heavy atom. The summed E-state index contributed by atoms with van der Waals surface area (Å²) in [6.45, 7) is 2.77. The Kier molecular flexibility index (Phi) is 11.3. The summed E-state index contributed by atoms with van der Waals surface area (Å²) in [4.78, 5) is 61.1. The lowest BCUT2D eigenvalue weighted by atomic mass is 10.2. The van der Waals surface area contributed by atoms with E-state index >= 15 is 0 Å². The van der Waals surface area contributed by atoms with Crippen LogP contribution in [-0.2, 0) is 9.59 Å². The highest BCUT2D eigenvalue weighted by Gasteiger charge is 2.14. The van der Waals surface area contributed by atoms with E-state index in [1.54, 1.807) is 18.2 Å². The molecule has 0 amide bonds. The van der Waals surface area contributed by atoms with Crippen molar-refractivity contribution in [2.75, 3.05) is 0 Å². The maximum absolute atomic E-state index is 11.8. The normalized spacial score (nSPS) is 10.7. The van der Waals surface area contributed by atoms with Gasteiger partial charge >= 0.3 is 17.9 Å². The zero-order valence-corrected chi connectivity index (χ0v) is 24.9. The second-order valence-corrected chi connectivity index (χ2v) is 14.6. The minimum atomic E-state index is -1.13. The molecule has 0 spiro atoms. The monoisotopic (exact) mass is 638 g/mol. The third-order valence-corrected chi connectivity index (χ3v) is 10.6. The number of carboxylic acid groups (broad SMARTS) is 3. The second-order valence-electron chi connectivity index (χ2n) is 7.52. The number of carbonyl (C=O) groups is 5. The van der Waals surface area contributed by atoms with Crippen LogP contribution in [-0.4, -0.2) is 43.5 Å². The van der Waals surface area contributed by atoms with Crippen LogP contribution in [0.3, 0.4) is 0 Å². The van der Waals surface area contributed by atoms with E-state index in [0.717, 1.165) is 23.5 Å². The van der Waals surface area contributed by atoms with Gasteiger partial charge < -0.3 is 15.3 Å². The van der Waals surface area contributed by atoms with E-state index in [0.29, 0.717) is 29.4 Å². The van der Waals surface area contributed by atoms with Gasteiger partial charge in [0.1, 0.15) is 0 Å². The van der Waals surface area contributed by atoms with Crippen molar-refractivity contribution < 1.29 is 39.3 Å². The summed E-state index contributed by atoms with van der Waals surface area (Å²) < 4.78 is 0. The lowest BCUT2D eigenvalue weighted by Crippen LogP contribution is -1.97. The maximum atomic E-state index is 11.8. The highest BCUT2D eigenvalue weighted by molar-refractivity contribution is 8.77. The first kappa shape index (κ1) is 31.0. The molecule has 8 nitrogen and oxygen atoms in total. The molecular weight excluding hydrogens is 621 g/mol. The number of hydrogen-bond donors (Lipinski definition) is 3. The zero-order chi connectivity index (χ0) is 28.7. The zero-order valence-electron chi connectivity index (χ0n) is 20.0. The molecule has 0 aliphatic heterocycles. The number of carbonyl (C=O) groups excluding carboxylic acids is 2. The molecule has 3 rings (SSSR count). The van der Waals surface area contributed by atoms with Crippen molar-refractivity contribution in [3.8, 4) is 0 Å². The number of rotatable bonds is 11. The lowest BCUT2D eigenvalue weighted by Gasteiger charge is -2.09. The number of benzene rings is 3. The molecule has 0 saturated carbocycles. The molecule has 0 aromatic heterocycles. The van der Waals surface area contributed by atoms with Crippen LogP contribution in [0.4, 0.5) is 0 Å². The number of aromatic carboxylic acids is 3. The second kappa shape index (κ2) is 14.2. The van der Waals surface area contributed by atoms with Crippen molar-refractivity contribution in [1.82, 2.24) is 0 Å². The van der Waals surface area contributed by atoms with E-state index in [4.69, 9.17) is 0 Å². The molecule has 202 valence electrons. The summed E-state index contributed by atoms with van der Waals surface area (Å²) in [6, 6.07) is 13.9. The minimum Gasteiger partial charge on any atom is -0.478 e. The van der Waals surface area contributed by atoms with E-state index in [9.17, 15) is 39.3 Å². The average Bonchev–Trinajstić information content (AvgIpc) is 2.85. The van der Waals surface area contributed by atoms with Gasteiger partial charge in [0, 0.05) is 43.2 Å². The van der Waals surface area contributed by atoms with Crippen LogP contribution in [0.2, 0.25) is 0 Å². The first-order chi connectivity index (χ1) is 18.4. The standard InChI is InChI=1S/C25H18O8S6/c1-12(26)34-17-3-14(23(28)29)5-19(9-17)36-38-21-7-16(25(32)33)8-22(11-21)39-37-20-6-15(24(30)31)4-18(10-20)35-13(2)27/h3-11H,1-2H3,(H,28,29)(H,30,31)(H,32,33). The maximum Gasteiger partial charge on any atom is 0.335 e. The molecule has 3 aromatic rings. The van der Waals surface area contributed by atoms with Crippen LogP contribution >= 0.6 is 66.7 Å². The van der Waals surface area contributed by atoms with Crippen LogP contribution in [0.1, 0.15) is 44.9 Å². The van der Waals surface area contributed by atoms with E-state index < -0.39 is 17.9 Å². The SMILES string of the molecule is CC(=O)Sc1cc(SSc2cc(SSc3cc(SC(C)=O)cc(C(=O)O)c3)cc(C(=O)O)c2)cc(C(=O)O)c1. The minimum absolute atomic E-state index is 0.0298. The van der Waals surface area contributed by atoms with Crippen LogP contribution in [0.15, 0.2) is 84.0 Å². The van der Waals surface area contributed by atoms with Gasteiger partial charge in [0.15, 0.2) is 10.2 Å². The molecule has 39 heavy (non-hydrogen) atoms. The highest BCUT2D eigenvalue weighted by atomic mass is 33.1. The molecule has 0 fully saturated rings. The van der Waals surface area contributed by atoms with Gasteiger partial charge in [-0.15, -0.1) is 0 Å². The Labute approximate surface area is 247 Å². The fourth-order valence-electron chi connectivity index (χ4n) is 2.92. The Bertz CT molecular complexity index is 1370. The van der Waals surface area contributed by atoms with Gasteiger partial charge in [-0.3, -0.25) is 9.59 Å². The van der Waals surface area contributed by atoms with Crippen LogP contribution in [0.5, 0.6) is 0 Å². The molecule has 0 heterocycles. The first-order valence-corrected chi connectivity index (χ1v) is 16.5. The molecular formula is C25H18O8S6. The smallest absolute Gasteiger partial charge is 0.335 e. The van der Waals surface area contributed by atoms with Gasteiger partial charge in [0.2, 0.25) is 0 Å². The lowest BCUT2D eigenvalue weighted by molar-refractivity contribution is -0.109. The van der Waals surface area contributed by atoms with E-state index in [-0.39, 0.29) is 26.9 Å². The molecule has 0 aliphatic rings. The fourth-order valence-corrected chi connectivity index (χ4v) is 8.65. The molecule has 0 radical (unpaired) electrons. The van der Waals surface area contributed by atoms with Gasteiger partial charge in [0.25, 0.3) is 0 Å². The third kappa shape index (κ3) is 9.89. The molecule has 3 N–H and O–H groups in total. The number of thioether (sulfide) groups is 2. The summed E-state index contributed by atoms with van der Waals surface area (Å²) in [5, 5.41) is 28.1. The molecule has 0 atom stereocenters. The van der Waals surface area contributed by atoms with Gasteiger partial charge in [-0.1, -0.05) is 66.7 Å². The Morgan fingerprint density at radius 2 is 0.667 bits per heavy atom. The van der Waals surface area contributed by atoms with Gasteiger partial charge in [0.05, 0.1) is 16.7 Å². The van der Waals surface area contributed by atoms with Crippen molar-refractivity contribution in [2.45, 2.75) is 43.2 Å². The van der Waals surface area contributed by atoms with Crippen molar-refractivity contribution in [3.63, 3.8) is 0 Å². The quantitative estimate of drug-likeness (QED) is 0.139. The van der Waals surface area contributed by atoms with Gasteiger partial charge in [-0.2, -0.15) is 0 Å². The Balaban J connectivity index is 1.83. The summed E-state index contributed by atoms with van der Waals surface area (Å²) in [5.74, 6) is -3.39. The molecule has 0 aliphatic carbocycles. The predicted octanol–water partition coefficient (Wildman–Crippen LogP) is 7.66. The fraction of sp³-hybridized carbons (Fsp3) is 0.0800. The van der Waals surface area contributed by atoms with E-state index in [1.165, 1.54) is 93.4 Å². The summed E-state index contributed by atoms with van der Waals surface area (Å²) >= 11 is 1.84. The van der Waals surface area contributed by atoms with Crippen LogP contribution < -0.4 is 0 Å². The summed E-state index contributed by atoms with van der Waals surface area (Å²) in [6.07, 6.45) is 0. The summed E-state index contributed by atoms with van der Waals surface area (Å²) in [5.41, 5.74) is 0.104. The Morgan fingerprint density at radius 3 is 0.897 bits per heavy atom. The van der Waals surface area contributed by atoms with Crippen molar-refractivity contribution in [3.05, 3.63) is 71.3 Å². The molecule has 3 aromatic carbocycles. The van der Waals surface area contributed by atoms with Gasteiger partial charge in [-0.25, -0.2) is 14.4 Å². The molecule has 0 saturated heterocycles.